The van der Waals surface area contributed by atoms with Gasteiger partial charge in [0.2, 0.25) is 0 Å². The van der Waals surface area contributed by atoms with E-state index in [0.717, 1.165) is 23.3 Å². The molecule has 9 heteroatoms. The van der Waals surface area contributed by atoms with Gasteiger partial charge < -0.3 is 14.6 Å². The van der Waals surface area contributed by atoms with Gasteiger partial charge in [0, 0.05) is 12.8 Å². The number of aliphatic hydroxyl groups is 1. The standard InChI is InChI=1S/C24H24F3N3O3/c25-24(26,27)18-8-6-16(7-9-18)10-12-23-13-11-20(31)22(33-23)21(32-23)19-15-30(29-28-19)14-17-4-2-1-3-5-17/h1-9,15,20-22,31H,10-14H2/t20-,21+,22+,23-/m0/s1. The topological polar surface area (TPSA) is 69.4 Å². The highest BCUT2D eigenvalue weighted by atomic mass is 19.4. The summed E-state index contributed by atoms with van der Waals surface area (Å²) < 4.78 is 52.6. The zero-order chi connectivity index (χ0) is 23.1. The fraction of sp³-hybridized carbons (Fsp3) is 0.417. The lowest BCUT2D eigenvalue weighted by molar-refractivity contribution is -0.214. The molecule has 2 aliphatic rings. The van der Waals surface area contributed by atoms with E-state index in [1.165, 1.54) is 12.1 Å². The molecule has 2 saturated heterocycles. The van der Waals surface area contributed by atoms with Gasteiger partial charge >= 0.3 is 6.18 Å². The largest absolute Gasteiger partial charge is 0.416 e. The van der Waals surface area contributed by atoms with Gasteiger partial charge in [0.1, 0.15) is 17.9 Å². The SMILES string of the molecule is O[C@H]1CC[C@]2(CCc3ccc(C(F)(F)F)cc3)O[C@H]1[C@@H](c1cn(Cc3ccccc3)nn1)O2. The minimum atomic E-state index is -4.35. The summed E-state index contributed by atoms with van der Waals surface area (Å²) in [6.45, 7) is 0.563. The molecule has 0 saturated carbocycles. The van der Waals surface area contributed by atoms with E-state index in [9.17, 15) is 18.3 Å². The first-order valence-electron chi connectivity index (χ1n) is 11.0. The summed E-state index contributed by atoms with van der Waals surface area (Å²) in [6, 6.07) is 15.0. The van der Waals surface area contributed by atoms with Crippen molar-refractivity contribution < 1.29 is 27.8 Å². The number of nitrogens with zero attached hydrogens (tertiary/aromatic N) is 3. The summed E-state index contributed by atoms with van der Waals surface area (Å²) in [7, 11) is 0. The lowest BCUT2D eigenvalue weighted by atomic mass is 9.94. The Hall–Kier alpha value is -2.75. The van der Waals surface area contributed by atoms with Crippen molar-refractivity contribution >= 4 is 0 Å². The van der Waals surface area contributed by atoms with Gasteiger partial charge in [-0.1, -0.05) is 47.7 Å². The summed E-state index contributed by atoms with van der Waals surface area (Å²) in [4.78, 5) is 0. The second kappa shape index (κ2) is 8.55. The van der Waals surface area contributed by atoms with Crippen LogP contribution in [0.1, 0.15) is 47.8 Å². The monoisotopic (exact) mass is 459 g/mol. The van der Waals surface area contributed by atoms with Crippen LogP contribution < -0.4 is 0 Å². The van der Waals surface area contributed by atoms with E-state index >= 15 is 0 Å². The molecule has 3 heterocycles. The Morgan fingerprint density at radius 1 is 1.03 bits per heavy atom. The van der Waals surface area contributed by atoms with Crippen molar-refractivity contribution in [3.63, 3.8) is 0 Å². The van der Waals surface area contributed by atoms with Crippen LogP contribution in [0.25, 0.3) is 0 Å². The first kappa shape index (κ1) is 22.1. The van der Waals surface area contributed by atoms with Crippen LogP contribution in [0.4, 0.5) is 13.2 Å². The number of aryl methyl sites for hydroxylation is 1. The number of ether oxygens (including phenoxy) is 2. The summed E-state index contributed by atoms with van der Waals surface area (Å²) >= 11 is 0. The molecular formula is C24H24F3N3O3. The second-order valence-corrected chi connectivity index (χ2v) is 8.66. The average molecular weight is 459 g/mol. The number of fused-ring (bicyclic) bond motifs is 2. The number of hydrogen-bond acceptors (Lipinski definition) is 5. The minimum Gasteiger partial charge on any atom is -0.390 e. The van der Waals surface area contributed by atoms with Gasteiger partial charge in [0.05, 0.1) is 24.4 Å². The normalized spacial score (nSPS) is 27.1. The molecule has 0 radical (unpaired) electrons. The summed E-state index contributed by atoms with van der Waals surface area (Å²) in [6.07, 6.45) is -2.37. The van der Waals surface area contributed by atoms with Crippen molar-refractivity contribution in [1.29, 1.82) is 0 Å². The minimum absolute atomic E-state index is 0.468. The Balaban J connectivity index is 1.28. The highest BCUT2D eigenvalue weighted by molar-refractivity contribution is 5.25. The Kier molecular flexibility index (Phi) is 5.72. The van der Waals surface area contributed by atoms with Crippen molar-refractivity contribution in [2.24, 2.45) is 0 Å². The molecule has 0 unspecified atom stereocenters. The number of alkyl halides is 3. The third-order valence-electron chi connectivity index (χ3n) is 6.30. The number of aromatic nitrogens is 3. The molecule has 4 atom stereocenters. The van der Waals surface area contributed by atoms with Crippen molar-refractivity contribution in [2.75, 3.05) is 0 Å². The molecule has 5 rings (SSSR count). The Morgan fingerprint density at radius 3 is 2.52 bits per heavy atom. The summed E-state index contributed by atoms with van der Waals surface area (Å²) in [5.41, 5.74) is 1.78. The van der Waals surface area contributed by atoms with E-state index in [0.29, 0.717) is 37.9 Å². The van der Waals surface area contributed by atoms with Gasteiger partial charge in [-0.15, -0.1) is 5.10 Å². The van der Waals surface area contributed by atoms with Crippen LogP contribution in [0.15, 0.2) is 60.8 Å². The fourth-order valence-corrected chi connectivity index (χ4v) is 4.52. The van der Waals surface area contributed by atoms with Gasteiger partial charge in [-0.2, -0.15) is 13.2 Å². The molecule has 2 bridgehead atoms. The number of hydrogen-bond donors (Lipinski definition) is 1. The maximum absolute atomic E-state index is 12.8. The van der Waals surface area contributed by atoms with Crippen LogP contribution in [0.2, 0.25) is 0 Å². The van der Waals surface area contributed by atoms with Gasteiger partial charge in [-0.3, -0.25) is 0 Å². The molecule has 2 fully saturated rings. The number of rotatable bonds is 6. The Labute approximate surface area is 188 Å². The van der Waals surface area contributed by atoms with Crippen LogP contribution >= 0.6 is 0 Å². The molecule has 174 valence electrons. The predicted octanol–water partition coefficient (Wildman–Crippen LogP) is 4.29. The zero-order valence-corrected chi connectivity index (χ0v) is 17.8. The van der Waals surface area contributed by atoms with Crippen LogP contribution in [0, 0.1) is 0 Å². The van der Waals surface area contributed by atoms with E-state index in [1.807, 2.05) is 30.3 Å². The van der Waals surface area contributed by atoms with Gasteiger partial charge in [-0.05, 0) is 36.1 Å². The third-order valence-corrected chi connectivity index (χ3v) is 6.30. The molecule has 6 nitrogen and oxygen atoms in total. The number of aliphatic hydroxyl groups excluding tert-OH is 1. The lowest BCUT2D eigenvalue weighted by Crippen LogP contribution is -2.41. The highest BCUT2D eigenvalue weighted by Crippen LogP contribution is 2.48. The highest BCUT2D eigenvalue weighted by Gasteiger charge is 2.54. The van der Waals surface area contributed by atoms with Crippen LogP contribution in [0.5, 0.6) is 0 Å². The molecule has 0 amide bonds. The van der Waals surface area contributed by atoms with E-state index in [-0.39, 0.29) is 0 Å². The van der Waals surface area contributed by atoms with Crippen molar-refractivity contribution in [3.8, 4) is 0 Å². The van der Waals surface area contributed by atoms with E-state index < -0.39 is 35.8 Å². The smallest absolute Gasteiger partial charge is 0.390 e. The molecule has 3 aromatic rings. The molecule has 2 aliphatic heterocycles. The molecular weight excluding hydrogens is 435 g/mol. The maximum atomic E-state index is 12.8. The second-order valence-electron chi connectivity index (χ2n) is 8.66. The fourth-order valence-electron chi connectivity index (χ4n) is 4.52. The van der Waals surface area contributed by atoms with Gasteiger partial charge in [0.15, 0.2) is 5.79 Å². The first-order valence-corrected chi connectivity index (χ1v) is 11.0. The molecule has 0 aliphatic carbocycles. The van der Waals surface area contributed by atoms with Crippen LogP contribution in [0.3, 0.4) is 0 Å². The number of halogens is 3. The Morgan fingerprint density at radius 2 is 1.79 bits per heavy atom. The molecule has 0 spiro atoms. The van der Waals surface area contributed by atoms with E-state index in [2.05, 4.69) is 10.3 Å². The maximum Gasteiger partial charge on any atom is 0.416 e. The predicted molar refractivity (Wildman–Crippen MR) is 112 cm³/mol. The van der Waals surface area contributed by atoms with E-state index in [4.69, 9.17) is 9.47 Å². The van der Waals surface area contributed by atoms with E-state index in [1.54, 1.807) is 10.9 Å². The number of benzene rings is 2. The lowest BCUT2D eigenvalue weighted by Gasteiger charge is -2.33. The first-order chi connectivity index (χ1) is 15.8. The quantitative estimate of drug-likeness (QED) is 0.596. The zero-order valence-electron chi connectivity index (χ0n) is 17.8. The molecule has 1 aromatic heterocycles. The molecule has 1 N–H and O–H groups in total. The van der Waals surface area contributed by atoms with Crippen molar-refractivity contribution in [2.45, 2.75) is 62.5 Å². The van der Waals surface area contributed by atoms with Crippen LogP contribution in [-0.4, -0.2) is 38.1 Å². The summed E-state index contributed by atoms with van der Waals surface area (Å²) in [5.74, 6) is -0.902. The third kappa shape index (κ3) is 4.66. The molecule has 33 heavy (non-hydrogen) atoms. The average Bonchev–Trinajstić information content (AvgIpc) is 3.39. The van der Waals surface area contributed by atoms with Crippen molar-refractivity contribution in [1.82, 2.24) is 15.0 Å². The summed E-state index contributed by atoms with van der Waals surface area (Å²) in [5, 5.41) is 19.0. The van der Waals surface area contributed by atoms with Crippen LogP contribution in [-0.2, 0) is 28.6 Å². The van der Waals surface area contributed by atoms with Crippen molar-refractivity contribution in [3.05, 3.63) is 83.2 Å². The molecule has 2 aromatic carbocycles. The van der Waals surface area contributed by atoms with Gasteiger partial charge in [0.25, 0.3) is 0 Å². The Bertz CT molecular complexity index is 1090. The van der Waals surface area contributed by atoms with Gasteiger partial charge in [-0.25, -0.2) is 4.68 Å².